The van der Waals surface area contributed by atoms with Crippen molar-refractivity contribution >= 4 is 63.3 Å². The highest BCUT2D eigenvalue weighted by Crippen LogP contribution is 2.35. The topological polar surface area (TPSA) is 57.9 Å². The van der Waals surface area contributed by atoms with Crippen LogP contribution in [0.1, 0.15) is 29.5 Å². The normalized spacial score (nSPS) is 17.7. The third-order valence-corrected chi connectivity index (χ3v) is 7.65. The molecule has 2 fully saturated rings. The molecule has 9 heteroatoms. The van der Waals surface area contributed by atoms with Crippen molar-refractivity contribution in [3.05, 3.63) is 79.6 Å². The number of hydrogen-bond acceptors (Lipinski definition) is 6. The van der Waals surface area contributed by atoms with Crippen molar-refractivity contribution in [3.63, 3.8) is 0 Å². The molecule has 0 saturated carbocycles. The van der Waals surface area contributed by atoms with Crippen LogP contribution >= 0.6 is 35.6 Å². The third-order valence-electron chi connectivity index (χ3n) is 5.91. The number of thiocarbonyl (C=S) groups is 1. The number of nitrogens with zero attached hydrogens (tertiary/aromatic N) is 4. The van der Waals surface area contributed by atoms with E-state index in [-0.39, 0.29) is 18.0 Å². The molecule has 0 radical (unpaired) electrons. The van der Waals surface area contributed by atoms with Crippen LogP contribution in [-0.2, 0) is 11.3 Å². The Morgan fingerprint density at radius 3 is 2.67 bits per heavy atom. The van der Waals surface area contributed by atoms with E-state index in [0.29, 0.717) is 31.3 Å². The van der Waals surface area contributed by atoms with Gasteiger partial charge in [0.25, 0.3) is 11.5 Å². The second-order valence-electron chi connectivity index (χ2n) is 8.09. The SMILES string of the molecule is Cc1cccn2c(=O)c(/C=C3\SC(=S)N(Cc4ccccc4Cl)C3=O)c(N3CCCC3)nc12. The van der Waals surface area contributed by atoms with Gasteiger partial charge in [0.1, 0.15) is 15.8 Å². The zero-order chi connectivity index (χ0) is 23.1. The van der Waals surface area contributed by atoms with Crippen molar-refractivity contribution in [2.75, 3.05) is 18.0 Å². The predicted octanol–water partition coefficient (Wildman–Crippen LogP) is 4.66. The molecule has 1 aromatic carbocycles. The number of hydrogen-bond donors (Lipinski definition) is 0. The molecule has 2 aromatic heterocycles. The lowest BCUT2D eigenvalue weighted by molar-refractivity contribution is -0.122. The van der Waals surface area contributed by atoms with Gasteiger partial charge in [-0.1, -0.05) is 59.8 Å². The van der Waals surface area contributed by atoms with E-state index in [0.717, 1.165) is 37.1 Å². The molecule has 5 rings (SSSR count). The van der Waals surface area contributed by atoms with E-state index >= 15 is 0 Å². The molecule has 2 saturated heterocycles. The molecule has 0 atom stereocenters. The Morgan fingerprint density at radius 2 is 1.91 bits per heavy atom. The zero-order valence-corrected chi connectivity index (χ0v) is 20.3. The van der Waals surface area contributed by atoms with Gasteiger partial charge in [0.05, 0.1) is 17.0 Å². The van der Waals surface area contributed by atoms with Gasteiger partial charge in [-0.15, -0.1) is 0 Å². The molecule has 33 heavy (non-hydrogen) atoms. The lowest BCUT2D eigenvalue weighted by Gasteiger charge is -2.20. The molecule has 3 aromatic rings. The Bertz CT molecular complexity index is 1380. The van der Waals surface area contributed by atoms with Crippen molar-refractivity contribution in [1.82, 2.24) is 14.3 Å². The van der Waals surface area contributed by atoms with E-state index in [1.807, 2.05) is 37.3 Å². The van der Waals surface area contributed by atoms with E-state index in [2.05, 4.69) is 4.90 Å². The lowest BCUT2D eigenvalue weighted by Crippen LogP contribution is -2.28. The first kappa shape index (κ1) is 22.1. The van der Waals surface area contributed by atoms with Crippen LogP contribution in [0.25, 0.3) is 11.7 Å². The van der Waals surface area contributed by atoms with Crippen LogP contribution in [0.4, 0.5) is 5.82 Å². The van der Waals surface area contributed by atoms with Crippen LogP contribution in [-0.4, -0.2) is 37.6 Å². The van der Waals surface area contributed by atoms with Crippen LogP contribution in [0.15, 0.2) is 52.3 Å². The van der Waals surface area contributed by atoms with Crippen LogP contribution in [0, 0.1) is 6.92 Å². The van der Waals surface area contributed by atoms with Gasteiger partial charge < -0.3 is 4.90 Å². The molecule has 0 aliphatic carbocycles. The lowest BCUT2D eigenvalue weighted by atomic mass is 10.2. The zero-order valence-electron chi connectivity index (χ0n) is 18.0. The van der Waals surface area contributed by atoms with Crippen LogP contribution < -0.4 is 10.5 Å². The van der Waals surface area contributed by atoms with E-state index < -0.39 is 0 Å². The maximum atomic E-state index is 13.5. The van der Waals surface area contributed by atoms with Gasteiger partial charge in [-0.3, -0.25) is 18.9 Å². The highest BCUT2D eigenvalue weighted by molar-refractivity contribution is 8.26. The van der Waals surface area contributed by atoms with Gasteiger partial charge in [-0.25, -0.2) is 4.98 Å². The summed E-state index contributed by atoms with van der Waals surface area (Å²) >= 11 is 13.0. The molecule has 2 aliphatic heterocycles. The van der Waals surface area contributed by atoms with Crippen molar-refractivity contribution < 1.29 is 4.79 Å². The number of fused-ring (bicyclic) bond motifs is 1. The van der Waals surface area contributed by atoms with E-state index in [9.17, 15) is 9.59 Å². The van der Waals surface area contributed by atoms with Gasteiger partial charge in [-0.05, 0) is 49.1 Å². The largest absolute Gasteiger partial charge is 0.356 e. The maximum Gasteiger partial charge on any atom is 0.267 e. The van der Waals surface area contributed by atoms with E-state index in [1.54, 1.807) is 22.7 Å². The fraction of sp³-hybridized carbons (Fsp3) is 0.250. The average molecular weight is 497 g/mol. The highest BCUT2D eigenvalue weighted by Gasteiger charge is 2.33. The molecule has 4 heterocycles. The van der Waals surface area contributed by atoms with E-state index in [4.69, 9.17) is 28.8 Å². The summed E-state index contributed by atoms with van der Waals surface area (Å²) < 4.78 is 1.99. The highest BCUT2D eigenvalue weighted by atomic mass is 35.5. The summed E-state index contributed by atoms with van der Waals surface area (Å²) in [6.07, 6.45) is 5.47. The minimum absolute atomic E-state index is 0.193. The average Bonchev–Trinajstić information content (AvgIpc) is 3.42. The van der Waals surface area contributed by atoms with Gasteiger partial charge in [0.15, 0.2) is 0 Å². The van der Waals surface area contributed by atoms with Crippen molar-refractivity contribution in [3.8, 4) is 0 Å². The van der Waals surface area contributed by atoms with Crippen LogP contribution in [0.5, 0.6) is 0 Å². The van der Waals surface area contributed by atoms with Gasteiger partial charge in [0.2, 0.25) is 0 Å². The Balaban J connectivity index is 1.58. The molecule has 0 N–H and O–H groups in total. The molecule has 168 valence electrons. The first-order chi connectivity index (χ1) is 15.9. The first-order valence-electron chi connectivity index (χ1n) is 10.7. The molecular formula is C24H21ClN4O2S2. The summed E-state index contributed by atoms with van der Waals surface area (Å²) in [4.78, 5) is 35.7. The van der Waals surface area contributed by atoms with Gasteiger partial charge in [0, 0.05) is 24.3 Å². The number of benzene rings is 1. The Labute approximate surface area is 205 Å². The van der Waals surface area contributed by atoms with E-state index in [1.165, 1.54) is 16.7 Å². The van der Waals surface area contributed by atoms with Gasteiger partial charge in [-0.2, -0.15) is 0 Å². The quantitative estimate of drug-likeness (QED) is 0.387. The summed E-state index contributed by atoms with van der Waals surface area (Å²) in [5, 5.41) is 0.583. The number of thioether (sulfide) groups is 1. The molecule has 2 aliphatic rings. The number of amides is 1. The van der Waals surface area contributed by atoms with Crippen LogP contribution in [0.3, 0.4) is 0 Å². The number of rotatable bonds is 4. The molecule has 0 spiro atoms. The maximum absolute atomic E-state index is 13.5. The summed E-state index contributed by atoms with van der Waals surface area (Å²) in [5.41, 5.74) is 2.60. The minimum atomic E-state index is -0.231. The second-order valence-corrected chi connectivity index (χ2v) is 10.2. The Morgan fingerprint density at radius 1 is 1.15 bits per heavy atom. The fourth-order valence-corrected chi connectivity index (χ4v) is 5.59. The van der Waals surface area contributed by atoms with Gasteiger partial charge >= 0.3 is 0 Å². The summed E-state index contributed by atoms with van der Waals surface area (Å²) in [5.74, 6) is 0.397. The van der Waals surface area contributed by atoms with Crippen molar-refractivity contribution in [1.29, 1.82) is 0 Å². The molecular weight excluding hydrogens is 476 g/mol. The number of anilines is 1. The summed E-state index contributed by atoms with van der Waals surface area (Å²) in [7, 11) is 0. The number of aromatic nitrogens is 2. The Hall–Kier alpha value is -2.68. The number of aryl methyl sites for hydroxylation is 1. The number of carbonyl (C=O) groups excluding carboxylic acids is 1. The predicted molar refractivity (Wildman–Crippen MR) is 138 cm³/mol. The number of pyridine rings is 1. The fourth-order valence-electron chi connectivity index (χ4n) is 4.16. The van der Waals surface area contributed by atoms with Crippen molar-refractivity contribution in [2.24, 2.45) is 0 Å². The second kappa shape index (κ2) is 8.93. The molecule has 0 bridgehead atoms. The number of carbonyl (C=O) groups is 1. The number of halogens is 1. The summed E-state index contributed by atoms with van der Waals surface area (Å²) in [6.45, 7) is 3.90. The monoisotopic (exact) mass is 496 g/mol. The molecule has 6 nitrogen and oxygen atoms in total. The smallest absolute Gasteiger partial charge is 0.267 e. The molecule has 1 amide bonds. The minimum Gasteiger partial charge on any atom is -0.356 e. The third kappa shape index (κ3) is 4.07. The summed E-state index contributed by atoms with van der Waals surface area (Å²) in [6, 6.07) is 11.1. The Kier molecular flexibility index (Phi) is 5.99. The van der Waals surface area contributed by atoms with Crippen molar-refractivity contribution in [2.45, 2.75) is 26.3 Å². The van der Waals surface area contributed by atoms with Crippen LogP contribution in [0.2, 0.25) is 5.02 Å². The standard InChI is InChI=1S/C24H21ClN4O2S2/c1-15-7-6-12-28-20(15)26-21(27-10-4-5-11-27)17(22(28)30)13-19-23(31)29(24(32)33-19)14-16-8-2-3-9-18(16)25/h2-3,6-9,12-13H,4-5,10-11,14H2,1H3/b19-13-. The first-order valence-corrected chi connectivity index (χ1v) is 12.3. The molecule has 0 unspecified atom stereocenters.